The SMILES string of the molecule is CCc1nc(N2CCN(S(=O)(=O)c3ccc(OC)cc3)CC2)c2c(C)nn(-c3ccccc3C)c2n1. The lowest BCUT2D eigenvalue weighted by molar-refractivity contribution is 0.383. The Labute approximate surface area is 211 Å². The van der Waals surface area contributed by atoms with E-state index in [1.54, 1.807) is 31.4 Å². The molecule has 1 aliphatic rings. The lowest BCUT2D eigenvalue weighted by Crippen LogP contribution is -2.49. The number of hydrogen-bond donors (Lipinski definition) is 0. The Kier molecular flexibility index (Phi) is 6.40. The molecule has 0 unspecified atom stereocenters. The first-order valence-corrected chi connectivity index (χ1v) is 13.5. The van der Waals surface area contributed by atoms with Gasteiger partial charge in [-0.15, -0.1) is 0 Å². The Morgan fingerprint density at radius 1 is 0.944 bits per heavy atom. The molecule has 1 aliphatic heterocycles. The summed E-state index contributed by atoms with van der Waals surface area (Å²) >= 11 is 0. The molecule has 0 bridgehead atoms. The van der Waals surface area contributed by atoms with Crippen LogP contribution in [0.15, 0.2) is 53.4 Å². The lowest BCUT2D eigenvalue weighted by Gasteiger charge is -2.35. The maximum Gasteiger partial charge on any atom is 0.243 e. The molecule has 1 fully saturated rings. The zero-order valence-electron chi connectivity index (χ0n) is 21.0. The Morgan fingerprint density at radius 2 is 1.64 bits per heavy atom. The number of piperazine rings is 1. The van der Waals surface area contributed by atoms with Gasteiger partial charge in [0, 0.05) is 32.6 Å². The molecular formula is C26H30N6O3S. The Morgan fingerprint density at radius 3 is 2.28 bits per heavy atom. The summed E-state index contributed by atoms with van der Waals surface area (Å²) in [6, 6.07) is 14.6. The van der Waals surface area contributed by atoms with Gasteiger partial charge in [-0.3, -0.25) is 0 Å². The summed E-state index contributed by atoms with van der Waals surface area (Å²) in [5.41, 5.74) is 3.71. The first kappa shape index (κ1) is 24.2. The van der Waals surface area contributed by atoms with E-state index in [4.69, 9.17) is 19.8 Å². The molecule has 9 nitrogen and oxygen atoms in total. The molecule has 0 N–H and O–H groups in total. The standard InChI is InChI=1S/C26H30N6O3S/c1-5-23-27-25(24-19(3)29-32(26(24)28-23)22-9-7-6-8-18(22)2)30-14-16-31(17-15-30)36(33,34)21-12-10-20(35-4)11-13-21/h6-13H,5,14-17H2,1-4H3. The number of methoxy groups -OCH3 is 1. The van der Waals surface area contributed by atoms with E-state index in [1.165, 1.54) is 4.31 Å². The number of fused-ring (bicyclic) bond motifs is 1. The Hall–Kier alpha value is -3.50. The molecule has 10 heteroatoms. The molecular weight excluding hydrogens is 476 g/mol. The molecule has 4 aromatic rings. The van der Waals surface area contributed by atoms with Crippen molar-refractivity contribution in [1.82, 2.24) is 24.1 Å². The molecule has 3 heterocycles. The summed E-state index contributed by atoms with van der Waals surface area (Å²) in [5.74, 6) is 2.18. The molecule has 2 aromatic heterocycles. The zero-order valence-corrected chi connectivity index (χ0v) is 21.8. The molecule has 2 aromatic carbocycles. The second-order valence-corrected chi connectivity index (χ2v) is 10.8. The molecule has 188 valence electrons. The van der Waals surface area contributed by atoms with Crippen molar-refractivity contribution in [3.63, 3.8) is 0 Å². The van der Waals surface area contributed by atoms with E-state index in [-0.39, 0.29) is 4.90 Å². The second-order valence-electron chi connectivity index (χ2n) is 8.87. The van der Waals surface area contributed by atoms with E-state index in [9.17, 15) is 8.42 Å². The monoisotopic (exact) mass is 506 g/mol. The largest absolute Gasteiger partial charge is 0.497 e. The highest BCUT2D eigenvalue weighted by molar-refractivity contribution is 7.89. The van der Waals surface area contributed by atoms with Crippen LogP contribution in [0.1, 0.15) is 24.0 Å². The minimum Gasteiger partial charge on any atom is -0.497 e. The summed E-state index contributed by atoms with van der Waals surface area (Å²) in [6.07, 6.45) is 0.687. The van der Waals surface area contributed by atoms with E-state index >= 15 is 0 Å². The van der Waals surface area contributed by atoms with Crippen molar-refractivity contribution in [2.75, 3.05) is 38.2 Å². The van der Waals surface area contributed by atoms with Crippen LogP contribution < -0.4 is 9.64 Å². The van der Waals surface area contributed by atoms with Crippen LogP contribution in [-0.4, -0.2) is 65.8 Å². The minimum absolute atomic E-state index is 0.268. The predicted molar refractivity (Wildman–Crippen MR) is 139 cm³/mol. The van der Waals surface area contributed by atoms with Crippen molar-refractivity contribution < 1.29 is 13.2 Å². The van der Waals surface area contributed by atoms with Crippen LogP contribution in [0, 0.1) is 13.8 Å². The molecule has 1 saturated heterocycles. The van der Waals surface area contributed by atoms with Crippen LogP contribution in [0.25, 0.3) is 16.7 Å². The highest BCUT2D eigenvalue weighted by Gasteiger charge is 2.31. The van der Waals surface area contributed by atoms with Crippen molar-refractivity contribution in [1.29, 1.82) is 0 Å². The fourth-order valence-corrected chi connectivity index (χ4v) is 6.02. The normalized spacial score (nSPS) is 14.9. The highest BCUT2D eigenvalue weighted by Crippen LogP contribution is 2.31. The number of hydrogen-bond acceptors (Lipinski definition) is 7. The van der Waals surface area contributed by atoms with Crippen molar-refractivity contribution >= 4 is 26.9 Å². The van der Waals surface area contributed by atoms with Crippen molar-refractivity contribution in [2.24, 2.45) is 0 Å². The van der Waals surface area contributed by atoms with Gasteiger partial charge in [0.1, 0.15) is 17.4 Å². The van der Waals surface area contributed by atoms with Gasteiger partial charge in [0.2, 0.25) is 10.0 Å². The van der Waals surface area contributed by atoms with Gasteiger partial charge in [0.25, 0.3) is 0 Å². The number of aryl methyl sites for hydroxylation is 3. The topological polar surface area (TPSA) is 93.5 Å². The average molecular weight is 507 g/mol. The zero-order chi connectivity index (χ0) is 25.4. The second kappa shape index (κ2) is 9.51. The van der Waals surface area contributed by atoms with Crippen LogP contribution in [0.2, 0.25) is 0 Å². The minimum atomic E-state index is -3.59. The van der Waals surface area contributed by atoms with Crippen LogP contribution in [0.4, 0.5) is 5.82 Å². The van der Waals surface area contributed by atoms with Gasteiger partial charge in [-0.2, -0.15) is 9.40 Å². The fraction of sp³-hybridized carbons (Fsp3) is 0.346. The number of para-hydroxylation sites is 1. The summed E-state index contributed by atoms with van der Waals surface area (Å²) < 4.78 is 35.0. The number of sulfonamides is 1. The van der Waals surface area contributed by atoms with Gasteiger partial charge in [-0.1, -0.05) is 25.1 Å². The van der Waals surface area contributed by atoms with Gasteiger partial charge < -0.3 is 9.64 Å². The van der Waals surface area contributed by atoms with E-state index in [0.717, 1.165) is 39.6 Å². The third-order valence-electron chi connectivity index (χ3n) is 6.62. The van der Waals surface area contributed by atoms with Crippen LogP contribution in [-0.2, 0) is 16.4 Å². The van der Waals surface area contributed by atoms with Gasteiger partial charge in [-0.25, -0.2) is 23.1 Å². The third kappa shape index (κ3) is 4.20. The van der Waals surface area contributed by atoms with Gasteiger partial charge >= 0.3 is 0 Å². The number of anilines is 1. The Bertz CT molecular complexity index is 1510. The molecule has 0 spiro atoms. The first-order chi connectivity index (χ1) is 17.3. The number of aromatic nitrogens is 4. The van der Waals surface area contributed by atoms with Crippen LogP contribution in [0.3, 0.4) is 0 Å². The van der Waals surface area contributed by atoms with Crippen molar-refractivity contribution in [3.05, 3.63) is 65.6 Å². The third-order valence-corrected chi connectivity index (χ3v) is 8.54. The number of rotatable bonds is 6. The first-order valence-electron chi connectivity index (χ1n) is 12.0. The summed E-state index contributed by atoms with van der Waals surface area (Å²) in [4.78, 5) is 12.1. The number of ether oxygens (including phenoxy) is 1. The molecule has 5 rings (SSSR count). The summed E-state index contributed by atoms with van der Waals surface area (Å²) in [6.45, 7) is 7.85. The molecule has 0 saturated carbocycles. The smallest absolute Gasteiger partial charge is 0.243 e. The van der Waals surface area contributed by atoms with Gasteiger partial charge in [-0.05, 0) is 49.7 Å². The van der Waals surface area contributed by atoms with Gasteiger partial charge in [0.05, 0.1) is 28.8 Å². The highest BCUT2D eigenvalue weighted by atomic mass is 32.2. The molecule has 0 aliphatic carbocycles. The maximum atomic E-state index is 13.2. The number of benzene rings is 2. The van der Waals surface area contributed by atoms with E-state index in [2.05, 4.69) is 17.9 Å². The van der Waals surface area contributed by atoms with E-state index in [1.807, 2.05) is 36.7 Å². The van der Waals surface area contributed by atoms with E-state index < -0.39 is 10.0 Å². The van der Waals surface area contributed by atoms with Crippen LogP contribution >= 0.6 is 0 Å². The summed E-state index contributed by atoms with van der Waals surface area (Å²) in [7, 11) is -2.03. The fourth-order valence-electron chi connectivity index (χ4n) is 4.60. The summed E-state index contributed by atoms with van der Waals surface area (Å²) in [5, 5.41) is 5.74. The molecule has 0 amide bonds. The number of nitrogens with zero attached hydrogens (tertiary/aromatic N) is 6. The van der Waals surface area contributed by atoms with Crippen LogP contribution in [0.5, 0.6) is 5.75 Å². The maximum absolute atomic E-state index is 13.2. The predicted octanol–water partition coefficient (Wildman–Crippen LogP) is 3.51. The quantitative estimate of drug-likeness (QED) is 0.395. The molecule has 0 atom stereocenters. The molecule has 36 heavy (non-hydrogen) atoms. The Balaban J connectivity index is 1.47. The van der Waals surface area contributed by atoms with Crippen molar-refractivity contribution in [3.8, 4) is 11.4 Å². The molecule has 0 radical (unpaired) electrons. The lowest BCUT2D eigenvalue weighted by atomic mass is 10.2. The van der Waals surface area contributed by atoms with E-state index in [0.29, 0.717) is 38.3 Å². The van der Waals surface area contributed by atoms with Gasteiger partial charge in [0.15, 0.2) is 5.65 Å². The van der Waals surface area contributed by atoms with Crippen molar-refractivity contribution in [2.45, 2.75) is 32.1 Å². The average Bonchev–Trinajstić information content (AvgIpc) is 3.24.